The van der Waals surface area contributed by atoms with Crippen LogP contribution in [0, 0.1) is 0 Å². The van der Waals surface area contributed by atoms with E-state index in [4.69, 9.17) is 4.12 Å². The van der Waals surface area contributed by atoms with Crippen molar-refractivity contribution in [1.82, 2.24) is 9.97 Å². The van der Waals surface area contributed by atoms with Crippen molar-refractivity contribution >= 4 is 28.4 Å². The van der Waals surface area contributed by atoms with Crippen LogP contribution in [0.25, 0.3) is 0 Å². The molecule has 90 valence electrons. The number of thioether (sulfide) groups is 1. The first-order chi connectivity index (χ1) is 7.29. The number of aromatic nitrogens is 2. The highest BCUT2D eigenvalue weighted by atomic mass is 32.2. The van der Waals surface area contributed by atoms with Gasteiger partial charge in [0.15, 0.2) is 16.6 Å². The van der Waals surface area contributed by atoms with Gasteiger partial charge in [0.2, 0.25) is 0 Å². The van der Waals surface area contributed by atoms with E-state index < -0.39 is 16.6 Å². The molecule has 0 fully saturated rings. The first-order valence-electron chi connectivity index (χ1n) is 5.37. The van der Waals surface area contributed by atoms with Crippen LogP contribution in [-0.4, -0.2) is 32.0 Å². The second-order valence-electron chi connectivity index (χ2n) is 5.31. The van der Waals surface area contributed by atoms with Gasteiger partial charge in [-0.05, 0) is 32.7 Å². The van der Waals surface area contributed by atoms with Crippen LogP contribution in [0.15, 0.2) is 23.6 Å². The lowest BCUT2D eigenvalue weighted by Crippen LogP contribution is -2.44. The second kappa shape index (κ2) is 5.44. The van der Waals surface area contributed by atoms with Crippen molar-refractivity contribution in [3.63, 3.8) is 0 Å². The van der Waals surface area contributed by atoms with Gasteiger partial charge in [0.25, 0.3) is 0 Å². The molecule has 0 aromatic carbocycles. The van der Waals surface area contributed by atoms with Gasteiger partial charge in [0.1, 0.15) is 5.03 Å². The normalized spacial score (nSPS) is 12.8. The maximum atomic E-state index is 6.26. The maximum Gasteiger partial charge on any atom is 0.183 e. The molecule has 1 rings (SSSR count). The summed E-state index contributed by atoms with van der Waals surface area (Å²) in [5, 5.41) is 2.03. The average Bonchev–Trinajstić information content (AvgIpc) is 2.13. The van der Waals surface area contributed by atoms with Gasteiger partial charge >= 0.3 is 0 Å². The Morgan fingerprint density at radius 3 is 2.38 bits per heavy atom. The van der Waals surface area contributed by atoms with Crippen LogP contribution >= 0.6 is 11.8 Å². The summed E-state index contributed by atoms with van der Waals surface area (Å²) in [4.78, 5) is 8.32. The Labute approximate surface area is 104 Å². The molecule has 1 heterocycles. The molecule has 16 heavy (non-hydrogen) atoms. The lowest BCUT2D eigenvalue weighted by molar-refractivity contribution is 0.558. The Bertz CT molecular complexity index is 327. The van der Waals surface area contributed by atoms with Crippen molar-refractivity contribution in [2.45, 2.75) is 37.8 Å². The molecule has 0 radical (unpaired) electrons. The molecule has 0 bridgehead atoms. The summed E-state index contributed by atoms with van der Waals surface area (Å²) in [5.41, 5.74) is 0. The third-order valence-electron chi connectivity index (χ3n) is 1.69. The highest BCUT2D eigenvalue weighted by Crippen LogP contribution is 2.22. The summed E-state index contributed by atoms with van der Waals surface area (Å²) < 4.78 is 6.26. The van der Waals surface area contributed by atoms with Crippen LogP contribution in [0.1, 0.15) is 0 Å². The van der Waals surface area contributed by atoms with Crippen LogP contribution in [0.4, 0.5) is 0 Å². The Morgan fingerprint density at radius 1 is 1.19 bits per heavy atom. The third kappa shape index (κ3) is 5.78. The van der Waals surface area contributed by atoms with Crippen molar-refractivity contribution in [1.29, 1.82) is 0 Å². The van der Waals surface area contributed by atoms with Gasteiger partial charge in [-0.15, -0.1) is 11.8 Å². The molecular weight excluding hydrogens is 252 g/mol. The fraction of sp³-hybridized carbons (Fsp3) is 0.600. The summed E-state index contributed by atoms with van der Waals surface area (Å²) in [6.45, 7) is 11.3. The first kappa shape index (κ1) is 13.9. The zero-order valence-electron chi connectivity index (χ0n) is 10.7. The molecule has 0 saturated carbocycles. The molecule has 0 aliphatic rings. The molecule has 0 aliphatic heterocycles. The van der Waals surface area contributed by atoms with E-state index in [0.29, 0.717) is 0 Å². The molecule has 3 nitrogen and oxygen atoms in total. The van der Waals surface area contributed by atoms with Gasteiger partial charge in [-0.25, -0.2) is 4.98 Å². The highest BCUT2D eigenvalue weighted by Gasteiger charge is 2.29. The van der Waals surface area contributed by atoms with Crippen LogP contribution < -0.4 is 0 Å². The zero-order valence-corrected chi connectivity index (χ0v) is 13.5. The lowest BCUT2D eigenvalue weighted by atomic mass is 10.8. The predicted molar refractivity (Wildman–Crippen MR) is 74.7 cm³/mol. The van der Waals surface area contributed by atoms with Gasteiger partial charge < -0.3 is 4.12 Å². The molecule has 0 unspecified atom stereocenters. The third-order valence-corrected chi connectivity index (χ3v) is 10.2. The number of hydrogen-bond acceptors (Lipinski definition) is 4. The molecule has 0 amide bonds. The fourth-order valence-corrected chi connectivity index (χ4v) is 11.1. The summed E-state index contributed by atoms with van der Waals surface area (Å²) in [7, 11) is -2.98. The molecule has 0 spiro atoms. The van der Waals surface area contributed by atoms with Crippen molar-refractivity contribution in [2.75, 3.05) is 5.38 Å². The molecule has 1 aromatic heterocycles. The largest absolute Gasteiger partial charge is 0.455 e. The second-order valence-corrected chi connectivity index (χ2v) is 15.7. The van der Waals surface area contributed by atoms with E-state index in [9.17, 15) is 0 Å². The summed E-state index contributed by atoms with van der Waals surface area (Å²) in [6, 6.07) is 0. The summed E-state index contributed by atoms with van der Waals surface area (Å²) in [5.74, 6) is 0. The zero-order chi connectivity index (χ0) is 12.2. The summed E-state index contributed by atoms with van der Waals surface area (Å²) >= 11 is 1.75. The van der Waals surface area contributed by atoms with Crippen molar-refractivity contribution < 1.29 is 4.12 Å². The first-order valence-corrected chi connectivity index (χ1v) is 12.9. The lowest BCUT2D eigenvalue weighted by Gasteiger charge is -2.31. The van der Waals surface area contributed by atoms with Crippen LogP contribution in [-0.2, 0) is 4.12 Å². The smallest absolute Gasteiger partial charge is 0.183 e. The average molecular weight is 273 g/mol. The quantitative estimate of drug-likeness (QED) is 0.609. The van der Waals surface area contributed by atoms with E-state index in [0.717, 1.165) is 10.4 Å². The molecule has 6 heteroatoms. The molecule has 0 aliphatic carbocycles. The van der Waals surface area contributed by atoms with Crippen molar-refractivity contribution in [3.05, 3.63) is 18.6 Å². The summed E-state index contributed by atoms with van der Waals surface area (Å²) in [6.07, 6.45) is 5.24. The van der Waals surface area contributed by atoms with Crippen molar-refractivity contribution in [3.8, 4) is 0 Å². The van der Waals surface area contributed by atoms with E-state index in [2.05, 4.69) is 42.7 Å². The van der Waals surface area contributed by atoms with Crippen LogP contribution in [0.2, 0.25) is 32.7 Å². The topological polar surface area (TPSA) is 35.0 Å². The Kier molecular flexibility index (Phi) is 4.72. The predicted octanol–water partition coefficient (Wildman–Crippen LogP) is 3.16. The minimum absolute atomic E-state index is 0.988. The molecular formula is C10H20N2OSSi2. The van der Waals surface area contributed by atoms with E-state index in [1.54, 1.807) is 24.2 Å². The standard InChI is InChI=1S/C10H20N2OSSi2/c1-15(2,3)13-16(4,5)9-14-10-8-11-6-7-12-10/h6-8H,9H2,1-5H3. The molecule has 0 N–H and O–H groups in total. The Hall–Kier alpha value is -0.176. The van der Waals surface area contributed by atoms with Crippen molar-refractivity contribution in [2.24, 2.45) is 0 Å². The Balaban J connectivity index is 2.48. The highest BCUT2D eigenvalue weighted by molar-refractivity contribution is 8.00. The number of rotatable bonds is 5. The maximum absolute atomic E-state index is 6.26. The SMILES string of the molecule is C[Si](C)(C)O[Si](C)(C)CSc1cnccn1. The van der Waals surface area contributed by atoms with E-state index in [1.807, 2.05) is 6.20 Å². The minimum Gasteiger partial charge on any atom is -0.455 e. The van der Waals surface area contributed by atoms with Gasteiger partial charge in [0, 0.05) is 17.8 Å². The van der Waals surface area contributed by atoms with Gasteiger partial charge in [-0.2, -0.15) is 0 Å². The fourth-order valence-electron chi connectivity index (χ4n) is 1.47. The number of hydrogen-bond donors (Lipinski definition) is 0. The monoisotopic (exact) mass is 272 g/mol. The van der Waals surface area contributed by atoms with Gasteiger partial charge in [-0.3, -0.25) is 4.98 Å². The molecule has 0 atom stereocenters. The number of nitrogens with zero attached hydrogens (tertiary/aromatic N) is 2. The van der Waals surface area contributed by atoms with Gasteiger partial charge in [0.05, 0.1) is 6.20 Å². The van der Waals surface area contributed by atoms with Crippen LogP contribution in [0.3, 0.4) is 0 Å². The minimum atomic E-state index is -1.56. The van der Waals surface area contributed by atoms with Gasteiger partial charge in [-0.1, -0.05) is 0 Å². The van der Waals surface area contributed by atoms with Crippen LogP contribution in [0.5, 0.6) is 0 Å². The Morgan fingerprint density at radius 2 is 1.88 bits per heavy atom. The van der Waals surface area contributed by atoms with E-state index >= 15 is 0 Å². The van der Waals surface area contributed by atoms with E-state index in [1.165, 1.54) is 0 Å². The molecule has 0 saturated heterocycles. The molecule has 1 aromatic rings. The van der Waals surface area contributed by atoms with E-state index in [-0.39, 0.29) is 0 Å².